The fourth-order valence-corrected chi connectivity index (χ4v) is 2.71. The second-order valence-corrected chi connectivity index (χ2v) is 5.17. The molecular formula is C15H16N6. The third kappa shape index (κ3) is 2.04. The van der Waals surface area contributed by atoms with Gasteiger partial charge in [0.05, 0.1) is 12.2 Å². The largest absolute Gasteiger partial charge is 0.308 e. The highest BCUT2D eigenvalue weighted by Crippen LogP contribution is 2.25. The van der Waals surface area contributed by atoms with Crippen molar-refractivity contribution in [1.29, 1.82) is 0 Å². The Balaban J connectivity index is 1.80. The van der Waals surface area contributed by atoms with Crippen molar-refractivity contribution in [1.82, 2.24) is 29.9 Å². The third-order valence-corrected chi connectivity index (χ3v) is 3.80. The van der Waals surface area contributed by atoms with Crippen LogP contribution in [0.3, 0.4) is 0 Å². The van der Waals surface area contributed by atoms with Gasteiger partial charge in [-0.3, -0.25) is 4.68 Å². The van der Waals surface area contributed by atoms with Gasteiger partial charge < -0.3 is 9.88 Å². The average molecular weight is 280 g/mol. The van der Waals surface area contributed by atoms with Gasteiger partial charge in [0.2, 0.25) is 0 Å². The second-order valence-electron chi connectivity index (χ2n) is 5.17. The monoisotopic (exact) mass is 280 g/mol. The Hall–Kier alpha value is -2.47. The third-order valence-electron chi connectivity index (χ3n) is 3.80. The first kappa shape index (κ1) is 12.3. The zero-order chi connectivity index (χ0) is 14.2. The first-order valence-corrected chi connectivity index (χ1v) is 7.05. The minimum atomic E-state index is 0.774. The predicted molar refractivity (Wildman–Crippen MR) is 79.4 cm³/mol. The van der Waals surface area contributed by atoms with Crippen LogP contribution in [0.4, 0.5) is 0 Å². The Kier molecular flexibility index (Phi) is 2.82. The van der Waals surface area contributed by atoms with E-state index in [9.17, 15) is 0 Å². The van der Waals surface area contributed by atoms with Crippen LogP contribution in [0.25, 0.3) is 22.8 Å². The molecule has 1 aliphatic heterocycles. The van der Waals surface area contributed by atoms with E-state index >= 15 is 0 Å². The molecule has 2 aromatic heterocycles. The molecule has 6 heteroatoms. The SMILES string of the molecule is Cn1nc(-c2ccccc2)cc1-c1nnc2n1CCNC2. The molecule has 0 fully saturated rings. The maximum Gasteiger partial charge on any atom is 0.182 e. The van der Waals surface area contributed by atoms with E-state index in [0.717, 1.165) is 48.2 Å². The number of aromatic nitrogens is 5. The Morgan fingerprint density at radius 2 is 2.00 bits per heavy atom. The lowest BCUT2D eigenvalue weighted by Crippen LogP contribution is -2.28. The molecule has 0 saturated heterocycles. The standard InChI is InChI=1S/C15H16N6/c1-20-13(9-12(19-20)11-5-3-2-4-6-11)15-18-17-14-10-16-7-8-21(14)15/h2-6,9,16H,7-8,10H2,1H3. The zero-order valence-electron chi connectivity index (χ0n) is 11.8. The van der Waals surface area contributed by atoms with E-state index in [4.69, 9.17) is 0 Å². The molecule has 0 saturated carbocycles. The van der Waals surface area contributed by atoms with Gasteiger partial charge in [-0.25, -0.2) is 0 Å². The Labute approximate surface area is 122 Å². The lowest BCUT2D eigenvalue weighted by Gasteiger charge is -2.15. The number of hydrogen-bond donors (Lipinski definition) is 1. The molecule has 0 amide bonds. The van der Waals surface area contributed by atoms with Gasteiger partial charge in [-0.15, -0.1) is 10.2 Å². The molecule has 6 nitrogen and oxygen atoms in total. The van der Waals surface area contributed by atoms with Crippen LogP contribution in [0.5, 0.6) is 0 Å². The molecule has 106 valence electrons. The van der Waals surface area contributed by atoms with Crippen LogP contribution >= 0.6 is 0 Å². The average Bonchev–Trinajstić information content (AvgIpc) is 3.11. The highest BCUT2D eigenvalue weighted by molar-refractivity contribution is 5.65. The van der Waals surface area contributed by atoms with E-state index in [1.807, 2.05) is 29.9 Å². The Bertz CT molecular complexity index is 771. The van der Waals surface area contributed by atoms with Gasteiger partial charge in [0.15, 0.2) is 5.82 Å². The van der Waals surface area contributed by atoms with Gasteiger partial charge in [-0.2, -0.15) is 5.10 Å². The highest BCUT2D eigenvalue weighted by atomic mass is 15.3. The van der Waals surface area contributed by atoms with E-state index in [1.165, 1.54) is 0 Å². The summed E-state index contributed by atoms with van der Waals surface area (Å²) in [6.45, 7) is 2.61. The lowest BCUT2D eigenvalue weighted by molar-refractivity contribution is 0.507. The first-order valence-electron chi connectivity index (χ1n) is 7.05. The summed E-state index contributed by atoms with van der Waals surface area (Å²) in [6.07, 6.45) is 0. The molecule has 0 radical (unpaired) electrons. The number of rotatable bonds is 2. The van der Waals surface area contributed by atoms with E-state index in [-0.39, 0.29) is 0 Å². The number of nitrogens with one attached hydrogen (secondary N) is 1. The fourth-order valence-electron chi connectivity index (χ4n) is 2.71. The second kappa shape index (κ2) is 4.82. The maximum atomic E-state index is 4.61. The van der Waals surface area contributed by atoms with Crippen molar-refractivity contribution in [3.05, 3.63) is 42.2 Å². The van der Waals surface area contributed by atoms with Gasteiger partial charge in [0.1, 0.15) is 11.5 Å². The predicted octanol–water partition coefficient (Wildman–Crippen LogP) is 1.45. The quantitative estimate of drug-likeness (QED) is 0.772. The van der Waals surface area contributed by atoms with Crippen molar-refractivity contribution in [2.45, 2.75) is 13.1 Å². The van der Waals surface area contributed by atoms with Gasteiger partial charge in [-0.1, -0.05) is 30.3 Å². The molecule has 0 atom stereocenters. The van der Waals surface area contributed by atoms with Crippen LogP contribution in [0.1, 0.15) is 5.82 Å². The molecule has 0 unspecified atom stereocenters. The summed E-state index contributed by atoms with van der Waals surface area (Å²) in [5.41, 5.74) is 3.06. The molecule has 1 N–H and O–H groups in total. The molecule has 3 heterocycles. The summed E-state index contributed by atoms with van der Waals surface area (Å²) >= 11 is 0. The summed E-state index contributed by atoms with van der Waals surface area (Å²) in [5.74, 6) is 1.88. The molecule has 4 rings (SSSR count). The minimum absolute atomic E-state index is 0.774. The molecule has 0 bridgehead atoms. The summed E-state index contributed by atoms with van der Waals surface area (Å²) < 4.78 is 4.05. The summed E-state index contributed by atoms with van der Waals surface area (Å²) in [5, 5.41) is 16.5. The fraction of sp³-hybridized carbons (Fsp3) is 0.267. The van der Waals surface area contributed by atoms with Crippen molar-refractivity contribution in [3.63, 3.8) is 0 Å². The van der Waals surface area contributed by atoms with Gasteiger partial charge in [0.25, 0.3) is 0 Å². The van der Waals surface area contributed by atoms with Crippen molar-refractivity contribution in [2.75, 3.05) is 6.54 Å². The molecule has 1 aliphatic rings. The van der Waals surface area contributed by atoms with Gasteiger partial charge in [-0.05, 0) is 6.07 Å². The maximum absolute atomic E-state index is 4.61. The van der Waals surface area contributed by atoms with Crippen LogP contribution < -0.4 is 5.32 Å². The number of aryl methyl sites for hydroxylation is 1. The minimum Gasteiger partial charge on any atom is -0.308 e. The molecule has 21 heavy (non-hydrogen) atoms. The van der Waals surface area contributed by atoms with E-state index in [0.29, 0.717) is 0 Å². The van der Waals surface area contributed by atoms with E-state index in [2.05, 4.69) is 43.4 Å². The van der Waals surface area contributed by atoms with Gasteiger partial charge >= 0.3 is 0 Å². The van der Waals surface area contributed by atoms with Crippen LogP contribution in [0, 0.1) is 0 Å². The lowest BCUT2D eigenvalue weighted by atomic mass is 10.1. The van der Waals surface area contributed by atoms with Crippen molar-refractivity contribution >= 4 is 0 Å². The molecule has 3 aromatic rings. The zero-order valence-corrected chi connectivity index (χ0v) is 11.8. The summed E-state index contributed by atoms with van der Waals surface area (Å²) in [7, 11) is 1.95. The van der Waals surface area contributed by atoms with Crippen LogP contribution in [-0.2, 0) is 20.1 Å². The van der Waals surface area contributed by atoms with Crippen molar-refractivity contribution in [2.24, 2.45) is 7.05 Å². The summed E-state index contributed by atoms with van der Waals surface area (Å²) in [4.78, 5) is 0. The van der Waals surface area contributed by atoms with Crippen LogP contribution in [-0.4, -0.2) is 31.1 Å². The van der Waals surface area contributed by atoms with Crippen molar-refractivity contribution < 1.29 is 0 Å². The topological polar surface area (TPSA) is 60.6 Å². The first-order chi connectivity index (χ1) is 10.3. The molecule has 0 aliphatic carbocycles. The van der Waals surface area contributed by atoms with E-state index in [1.54, 1.807) is 0 Å². The van der Waals surface area contributed by atoms with Crippen LogP contribution in [0.2, 0.25) is 0 Å². The highest BCUT2D eigenvalue weighted by Gasteiger charge is 2.19. The number of benzene rings is 1. The molecule has 0 spiro atoms. The van der Waals surface area contributed by atoms with E-state index < -0.39 is 0 Å². The number of hydrogen-bond acceptors (Lipinski definition) is 4. The summed E-state index contributed by atoms with van der Waals surface area (Å²) in [6, 6.07) is 12.3. The number of fused-ring (bicyclic) bond motifs is 1. The Morgan fingerprint density at radius 1 is 1.14 bits per heavy atom. The van der Waals surface area contributed by atoms with Crippen LogP contribution in [0.15, 0.2) is 36.4 Å². The molecular weight excluding hydrogens is 264 g/mol. The van der Waals surface area contributed by atoms with Crippen molar-refractivity contribution in [3.8, 4) is 22.8 Å². The Morgan fingerprint density at radius 3 is 2.86 bits per heavy atom. The number of nitrogens with zero attached hydrogens (tertiary/aromatic N) is 5. The smallest absolute Gasteiger partial charge is 0.182 e. The normalized spacial score (nSPS) is 14.1. The van der Waals surface area contributed by atoms with Gasteiger partial charge in [0, 0.05) is 25.7 Å². The molecule has 1 aromatic carbocycles.